The third kappa shape index (κ3) is 2.86. The molecule has 5 heteroatoms. The van der Waals surface area contributed by atoms with E-state index < -0.39 is 0 Å². The van der Waals surface area contributed by atoms with Crippen molar-refractivity contribution in [2.45, 2.75) is 12.8 Å². The number of hydrogen-bond acceptors (Lipinski definition) is 3. The molecular weight excluding hydrogens is 279 g/mol. The Hall–Kier alpha value is -3.00. The highest BCUT2D eigenvalue weighted by Gasteiger charge is 2.13. The van der Waals surface area contributed by atoms with Crippen molar-refractivity contribution in [2.24, 2.45) is 0 Å². The number of nitrogens with zero attached hydrogens (tertiary/aromatic N) is 3. The number of benzene rings is 1. The monoisotopic (exact) mass is 292 g/mol. The molecule has 2 heterocycles. The van der Waals surface area contributed by atoms with Crippen LogP contribution in [0.2, 0.25) is 0 Å². The van der Waals surface area contributed by atoms with Crippen LogP contribution in [0.1, 0.15) is 12.1 Å². The van der Waals surface area contributed by atoms with Crippen molar-refractivity contribution in [1.82, 2.24) is 15.0 Å². The van der Waals surface area contributed by atoms with Gasteiger partial charge >= 0.3 is 0 Å². The average Bonchev–Trinajstić information content (AvgIpc) is 2.98. The summed E-state index contributed by atoms with van der Waals surface area (Å²) in [5.74, 6) is 0.374. The van der Waals surface area contributed by atoms with E-state index in [2.05, 4.69) is 21.0 Å². The molecule has 0 aliphatic heterocycles. The number of rotatable bonds is 4. The van der Waals surface area contributed by atoms with E-state index in [0.717, 1.165) is 22.5 Å². The maximum Gasteiger partial charge on any atom is 0.138 e. The van der Waals surface area contributed by atoms with Crippen LogP contribution in [0.25, 0.3) is 22.6 Å². The predicted molar refractivity (Wildman–Crippen MR) is 81.1 cm³/mol. The molecule has 22 heavy (non-hydrogen) atoms. The fourth-order valence-electron chi connectivity index (χ4n) is 2.26. The largest absolute Gasteiger partial charge is 0.341 e. The predicted octanol–water partition coefficient (Wildman–Crippen LogP) is 3.73. The first-order valence-electron chi connectivity index (χ1n) is 6.90. The molecule has 3 rings (SSSR count). The van der Waals surface area contributed by atoms with Crippen LogP contribution in [0.15, 0.2) is 48.8 Å². The Bertz CT molecular complexity index is 801. The summed E-state index contributed by atoms with van der Waals surface area (Å²) in [6.45, 7) is 0. The maximum atomic E-state index is 13.0. The Morgan fingerprint density at radius 3 is 2.64 bits per heavy atom. The number of aromatic amines is 1. The molecule has 3 aromatic rings. The van der Waals surface area contributed by atoms with Gasteiger partial charge in [-0.2, -0.15) is 5.26 Å². The second-order valence-electron chi connectivity index (χ2n) is 4.82. The van der Waals surface area contributed by atoms with Gasteiger partial charge in [-0.25, -0.2) is 9.37 Å². The molecule has 0 saturated heterocycles. The van der Waals surface area contributed by atoms with Crippen molar-refractivity contribution >= 4 is 0 Å². The Balaban J connectivity index is 2.05. The molecule has 0 radical (unpaired) electrons. The van der Waals surface area contributed by atoms with E-state index in [4.69, 9.17) is 5.26 Å². The first-order chi connectivity index (χ1) is 10.8. The maximum absolute atomic E-state index is 13.0. The highest BCUT2D eigenvalue weighted by atomic mass is 19.1. The summed E-state index contributed by atoms with van der Waals surface area (Å²) in [4.78, 5) is 12.0. The van der Waals surface area contributed by atoms with Gasteiger partial charge in [-0.1, -0.05) is 0 Å². The lowest BCUT2D eigenvalue weighted by molar-refractivity contribution is 0.628. The van der Waals surface area contributed by atoms with Crippen LogP contribution >= 0.6 is 0 Å². The topological polar surface area (TPSA) is 65.4 Å². The van der Waals surface area contributed by atoms with E-state index in [9.17, 15) is 4.39 Å². The van der Waals surface area contributed by atoms with Gasteiger partial charge in [0.1, 0.15) is 11.6 Å². The number of pyridine rings is 1. The quantitative estimate of drug-likeness (QED) is 0.796. The second-order valence-corrected chi connectivity index (χ2v) is 4.82. The Morgan fingerprint density at radius 2 is 1.95 bits per heavy atom. The third-order valence-electron chi connectivity index (χ3n) is 3.32. The molecular formula is C17H13FN4. The summed E-state index contributed by atoms with van der Waals surface area (Å²) in [6, 6.07) is 12.1. The molecule has 0 saturated carbocycles. The molecule has 4 nitrogen and oxygen atoms in total. The number of halogens is 1. The fraction of sp³-hybridized carbons (Fsp3) is 0.118. The molecule has 0 aliphatic carbocycles. The van der Waals surface area contributed by atoms with Gasteiger partial charge in [0.15, 0.2) is 0 Å². The zero-order chi connectivity index (χ0) is 15.4. The first-order valence-corrected chi connectivity index (χ1v) is 6.90. The van der Waals surface area contributed by atoms with Crippen molar-refractivity contribution in [3.63, 3.8) is 0 Å². The van der Waals surface area contributed by atoms with Crippen LogP contribution in [0.4, 0.5) is 4.39 Å². The van der Waals surface area contributed by atoms with E-state index >= 15 is 0 Å². The molecule has 1 N–H and O–H groups in total. The van der Waals surface area contributed by atoms with Crippen molar-refractivity contribution < 1.29 is 4.39 Å². The molecule has 0 amide bonds. The Morgan fingerprint density at radius 1 is 1.14 bits per heavy atom. The number of imidazole rings is 1. The van der Waals surface area contributed by atoms with Gasteiger partial charge in [0.2, 0.25) is 0 Å². The van der Waals surface area contributed by atoms with Crippen molar-refractivity contribution in [3.05, 3.63) is 60.3 Å². The summed E-state index contributed by atoms with van der Waals surface area (Å²) in [5, 5.41) is 8.81. The molecule has 108 valence electrons. The highest BCUT2D eigenvalue weighted by Crippen LogP contribution is 2.26. The summed E-state index contributed by atoms with van der Waals surface area (Å²) in [7, 11) is 0. The molecule has 0 atom stereocenters. The summed E-state index contributed by atoms with van der Waals surface area (Å²) < 4.78 is 13.0. The Labute approximate surface area is 127 Å². The van der Waals surface area contributed by atoms with Crippen LogP contribution in [0, 0.1) is 17.1 Å². The summed E-state index contributed by atoms with van der Waals surface area (Å²) >= 11 is 0. The van der Waals surface area contributed by atoms with Crippen LogP contribution in [-0.4, -0.2) is 15.0 Å². The van der Waals surface area contributed by atoms with E-state index in [1.807, 2.05) is 12.1 Å². The van der Waals surface area contributed by atoms with E-state index in [1.165, 1.54) is 12.1 Å². The SMILES string of the molecule is N#CCCc1[nH]c(-c2ccc(F)cc2)nc1-c1cccnc1. The van der Waals surface area contributed by atoms with Crippen molar-refractivity contribution in [3.8, 4) is 28.7 Å². The number of nitriles is 1. The van der Waals surface area contributed by atoms with Gasteiger partial charge in [0, 0.05) is 42.1 Å². The van der Waals surface area contributed by atoms with Gasteiger partial charge in [-0.15, -0.1) is 0 Å². The fourth-order valence-corrected chi connectivity index (χ4v) is 2.26. The molecule has 0 spiro atoms. The lowest BCUT2D eigenvalue weighted by Crippen LogP contribution is -1.89. The summed E-state index contributed by atoms with van der Waals surface area (Å²) in [5.41, 5.74) is 3.35. The van der Waals surface area contributed by atoms with Gasteiger partial charge in [-0.05, 0) is 36.4 Å². The minimum Gasteiger partial charge on any atom is -0.341 e. The third-order valence-corrected chi connectivity index (χ3v) is 3.32. The van der Waals surface area contributed by atoms with E-state index in [0.29, 0.717) is 18.7 Å². The standard InChI is InChI=1S/C17H13FN4/c18-14-7-5-12(6-8-14)17-21-15(4-1-9-19)16(22-17)13-3-2-10-20-11-13/h2-3,5-8,10-11H,1,4H2,(H,21,22). The normalized spacial score (nSPS) is 10.4. The van der Waals surface area contributed by atoms with Crippen molar-refractivity contribution in [2.75, 3.05) is 0 Å². The molecule has 0 aliphatic rings. The molecule has 0 fully saturated rings. The average molecular weight is 292 g/mol. The minimum atomic E-state index is -0.285. The number of aromatic nitrogens is 3. The highest BCUT2D eigenvalue weighted by molar-refractivity contribution is 5.66. The second kappa shape index (κ2) is 6.19. The van der Waals surface area contributed by atoms with Gasteiger partial charge < -0.3 is 4.98 Å². The molecule has 1 aromatic carbocycles. The number of nitrogens with one attached hydrogen (secondary N) is 1. The summed E-state index contributed by atoms with van der Waals surface area (Å²) in [6.07, 6.45) is 4.42. The zero-order valence-electron chi connectivity index (χ0n) is 11.8. The van der Waals surface area contributed by atoms with E-state index in [1.54, 1.807) is 24.5 Å². The van der Waals surface area contributed by atoms with Crippen LogP contribution in [-0.2, 0) is 6.42 Å². The number of aryl methyl sites for hydroxylation is 1. The van der Waals surface area contributed by atoms with Crippen LogP contribution in [0.3, 0.4) is 0 Å². The minimum absolute atomic E-state index is 0.285. The zero-order valence-corrected chi connectivity index (χ0v) is 11.8. The van der Waals surface area contributed by atoms with Gasteiger partial charge in [-0.3, -0.25) is 4.98 Å². The number of H-pyrrole nitrogens is 1. The van der Waals surface area contributed by atoms with E-state index in [-0.39, 0.29) is 5.82 Å². The lowest BCUT2D eigenvalue weighted by Gasteiger charge is -1.99. The molecule has 0 bridgehead atoms. The first kappa shape index (κ1) is 14.0. The van der Waals surface area contributed by atoms with Crippen LogP contribution < -0.4 is 0 Å². The lowest BCUT2D eigenvalue weighted by atomic mass is 10.1. The van der Waals surface area contributed by atoms with Crippen LogP contribution in [0.5, 0.6) is 0 Å². The molecule has 0 unspecified atom stereocenters. The molecule has 2 aromatic heterocycles. The smallest absolute Gasteiger partial charge is 0.138 e. The van der Waals surface area contributed by atoms with Gasteiger partial charge in [0.05, 0.1) is 11.8 Å². The Kier molecular flexibility index (Phi) is 3.92. The van der Waals surface area contributed by atoms with Crippen molar-refractivity contribution in [1.29, 1.82) is 5.26 Å². The number of hydrogen-bond donors (Lipinski definition) is 1. The van der Waals surface area contributed by atoms with Gasteiger partial charge in [0.25, 0.3) is 0 Å².